The van der Waals surface area contributed by atoms with Crippen molar-refractivity contribution in [2.45, 2.75) is 51.9 Å². The van der Waals surface area contributed by atoms with E-state index in [1.807, 2.05) is 49.6 Å². The van der Waals surface area contributed by atoms with Crippen molar-refractivity contribution in [3.05, 3.63) is 43.2 Å². The maximum atomic E-state index is 9.68. The fourth-order valence-electron chi connectivity index (χ4n) is 4.23. The molecule has 1 aliphatic heterocycles. The minimum atomic E-state index is -0.418. The number of hydrogen-bond donors (Lipinski definition) is 1. The molecule has 0 radical (unpaired) electrons. The van der Waals surface area contributed by atoms with E-state index in [1.165, 1.54) is 0 Å². The van der Waals surface area contributed by atoms with Crippen LogP contribution in [0.1, 0.15) is 45.7 Å². The van der Waals surface area contributed by atoms with Crippen LogP contribution in [0, 0.1) is 0 Å². The Labute approximate surface area is 180 Å². The molecule has 162 valence electrons. The molecular weight excluding hydrogens is 392 g/mol. The number of rotatable bonds is 7. The molecule has 1 unspecified atom stereocenters. The summed E-state index contributed by atoms with van der Waals surface area (Å²) in [4.78, 5) is 6.99. The highest BCUT2D eigenvalue weighted by atomic mass is 16.3. The molecule has 1 fully saturated rings. The summed E-state index contributed by atoms with van der Waals surface area (Å²) >= 11 is 0. The summed E-state index contributed by atoms with van der Waals surface area (Å²) in [5.41, 5.74) is 4.56. The van der Waals surface area contributed by atoms with Crippen LogP contribution in [-0.4, -0.2) is 63.5 Å². The molecule has 1 aliphatic rings. The van der Waals surface area contributed by atoms with Gasteiger partial charge in [-0.05, 0) is 25.8 Å². The molecule has 0 aliphatic carbocycles. The summed E-state index contributed by atoms with van der Waals surface area (Å²) in [5, 5.41) is 23.3. The molecule has 0 aromatic carbocycles. The average Bonchev–Trinajstić information content (AvgIpc) is 3.47. The molecule has 0 saturated carbocycles. The first-order valence-electron chi connectivity index (χ1n) is 10.9. The average molecular weight is 421 g/mol. The summed E-state index contributed by atoms with van der Waals surface area (Å²) in [5.74, 6) is 0. The first kappa shape index (κ1) is 19.9. The second kappa shape index (κ2) is 7.90. The lowest BCUT2D eigenvalue weighted by atomic mass is 10.1. The van der Waals surface area contributed by atoms with Gasteiger partial charge in [0.2, 0.25) is 0 Å². The van der Waals surface area contributed by atoms with Gasteiger partial charge < -0.3 is 5.11 Å². The van der Waals surface area contributed by atoms with E-state index in [2.05, 4.69) is 35.3 Å². The van der Waals surface area contributed by atoms with Crippen LogP contribution in [0.2, 0.25) is 0 Å². The van der Waals surface area contributed by atoms with E-state index in [0.29, 0.717) is 6.04 Å². The Morgan fingerprint density at radius 1 is 1.03 bits per heavy atom. The van der Waals surface area contributed by atoms with E-state index in [1.54, 1.807) is 13.1 Å². The Kier molecular flexibility index (Phi) is 5.07. The van der Waals surface area contributed by atoms with Crippen LogP contribution < -0.4 is 0 Å². The van der Waals surface area contributed by atoms with Gasteiger partial charge in [-0.1, -0.05) is 13.8 Å². The predicted molar refractivity (Wildman–Crippen MR) is 117 cm³/mol. The third kappa shape index (κ3) is 3.53. The minimum Gasteiger partial charge on any atom is -0.379 e. The molecule has 1 N–H and O–H groups in total. The largest absolute Gasteiger partial charge is 0.379 e. The van der Waals surface area contributed by atoms with Crippen molar-refractivity contribution < 1.29 is 5.11 Å². The van der Waals surface area contributed by atoms with Crippen LogP contribution in [-0.2, 0) is 0 Å². The molecule has 31 heavy (non-hydrogen) atoms. The first-order chi connectivity index (χ1) is 15.1. The van der Waals surface area contributed by atoms with Gasteiger partial charge >= 0.3 is 0 Å². The second-order valence-electron chi connectivity index (χ2n) is 8.26. The topological polar surface area (TPSA) is 89.3 Å². The Morgan fingerprint density at radius 3 is 2.55 bits per heavy atom. The van der Waals surface area contributed by atoms with Crippen LogP contribution in [0.4, 0.5) is 0 Å². The minimum absolute atomic E-state index is 0.273. The number of aromatic nitrogens is 7. The molecule has 9 nitrogen and oxygen atoms in total. The summed E-state index contributed by atoms with van der Waals surface area (Å²) in [6.45, 7) is 7.75. The quantitative estimate of drug-likeness (QED) is 0.494. The lowest BCUT2D eigenvalue weighted by molar-refractivity contribution is -0.0510. The first-order valence-corrected chi connectivity index (χ1v) is 10.9. The van der Waals surface area contributed by atoms with Gasteiger partial charge in [-0.3, -0.25) is 14.3 Å². The van der Waals surface area contributed by atoms with Gasteiger partial charge in [0.15, 0.2) is 0 Å². The zero-order valence-corrected chi connectivity index (χ0v) is 18.1. The van der Waals surface area contributed by atoms with Crippen LogP contribution in [0.15, 0.2) is 43.2 Å². The SMILES string of the molecule is CCC(CC)n1cc(-c2nc(-c3cnn(C4CN(C(C)O)C4)c3)cn3nccc23)cn1. The van der Waals surface area contributed by atoms with Crippen molar-refractivity contribution >= 4 is 5.52 Å². The number of likely N-dealkylation sites (tertiary alicyclic amines) is 1. The molecular formula is C22H28N8O. The molecule has 5 heterocycles. The van der Waals surface area contributed by atoms with Gasteiger partial charge in [0.1, 0.15) is 6.23 Å². The molecule has 4 aromatic rings. The molecule has 4 aromatic heterocycles. The zero-order valence-electron chi connectivity index (χ0n) is 18.1. The fourth-order valence-corrected chi connectivity index (χ4v) is 4.23. The number of nitrogens with zero attached hydrogens (tertiary/aromatic N) is 8. The van der Waals surface area contributed by atoms with Crippen molar-refractivity contribution in [1.29, 1.82) is 0 Å². The third-order valence-corrected chi connectivity index (χ3v) is 6.27. The Bertz CT molecular complexity index is 1180. The lowest BCUT2D eigenvalue weighted by Gasteiger charge is -2.40. The van der Waals surface area contributed by atoms with Gasteiger partial charge in [-0.25, -0.2) is 9.50 Å². The van der Waals surface area contributed by atoms with Gasteiger partial charge in [-0.2, -0.15) is 15.3 Å². The number of hydrogen-bond acceptors (Lipinski definition) is 6. The van der Waals surface area contributed by atoms with Crippen molar-refractivity contribution in [2.75, 3.05) is 13.1 Å². The molecule has 0 amide bonds. The Balaban J connectivity index is 1.48. The van der Waals surface area contributed by atoms with Crippen LogP contribution in [0.25, 0.3) is 28.0 Å². The van der Waals surface area contributed by atoms with Crippen molar-refractivity contribution in [2.24, 2.45) is 0 Å². The molecule has 0 bridgehead atoms. The van der Waals surface area contributed by atoms with Gasteiger partial charge in [0.05, 0.1) is 53.8 Å². The van der Waals surface area contributed by atoms with Crippen molar-refractivity contribution in [1.82, 2.24) is 39.1 Å². The molecule has 5 rings (SSSR count). The van der Waals surface area contributed by atoms with E-state index < -0.39 is 6.23 Å². The van der Waals surface area contributed by atoms with Gasteiger partial charge in [0, 0.05) is 36.6 Å². The van der Waals surface area contributed by atoms with Crippen molar-refractivity contribution in [3.63, 3.8) is 0 Å². The molecule has 9 heteroatoms. The summed E-state index contributed by atoms with van der Waals surface area (Å²) in [6, 6.07) is 2.64. The van der Waals surface area contributed by atoms with E-state index in [0.717, 1.165) is 54.0 Å². The third-order valence-electron chi connectivity index (χ3n) is 6.27. The monoisotopic (exact) mass is 420 g/mol. The van der Waals surface area contributed by atoms with E-state index >= 15 is 0 Å². The fraction of sp³-hybridized carbons (Fsp3) is 0.455. The molecule has 1 saturated heterocycles. The standard InChI is InChI=1S/C22H28N8O/c1-4-18(5-2)28-11-17(9-25-28)22-21-6-7-23-30(21)14-20(26-22)16-8-24-29(10-16)19-12-27(13-19)15(3)31/h6-11,14-15,18-19,31H,4-5,12-13H2,1-3H3. The number of aliphatic hydroxyl groups is 1. The predicted octanol–water partition coefficient (Wildman–Crippen LogP) is 3.01. The van der Waals surface area contributed by atoms with E-state index in [9.17, 15) is 5.11 Å². The van der Waals surface area contributed by atoms with E-state index in [-0.39, 0.29) is 6.04 Å². The van der Waals surface area contributed by atoms with Gasteiger partial charge in [0.25, 0.3) is 0 Å². The van der Waals surface area contributed by atoms with Crippen LogP contribution in [0.3, 0.4) is 0 Å². The van der Waals surface area contributed by atoms with Crippen LogP contribution in [0.5, 0.6) is 0 Å². The highest BCUT2D eigenvalue weighted by Crippen LogP contribution is 2.29. The maximum absolute atomic E-state index is 9.68. The van der Waals surface area contributed by atoms with E-state index in [4.69, 9.17) is 4.98 Å². The van der Waals surface area contributed by atoms with Crippen LogP contribution >= 0.6 is 0 Å². The Morgan fingerprint density at radius 2 is 1.81 bits per heavy atom. The molecule has 0 spiro atoms. The highest BCUT2D eigenvalue weighted by Gasteiger charge is 2.31. The number of aliphatic hydroxyl groups excluding tert-OH is 1. The lowest BCUT2D eigenvalue weighted by Crippen LogP contribution is -2.51. The number of fused-ring (bicyclic) bond motifs is 1. The summed E-state index contributed by atoms with van der Waals surface area (Å²) in [7, 11) is 0. The summed E-state index contributed by atoms with van der Waals surface area (Å²) < 4.78 is 5.87. The Hall–Kier alpha value is -3.04. The highest BCUT2D eigenvalue weighted by molar-refractivity contribution is 5.78. The normalized spacial score (nSPS) is 16.3. The second-order valence-corrected chi connectivity index (χ2v) is 8.26. The van der Waals surface area contributed by atoms with Crippen molar-refractivity contribution in [3.8, 4) is 22.5 Å². The summed E-state index contributed by atoms with van der Waals surface area (Å²) in [6.07, 6.45) is 13.2. The van der Waals surface area contributed by atoms with Gasteiger partial charge in [-0.15, -0.1) is 0 Å². The maximum Gasteiger partial charge on any atom is 0.104 e. The zero-order chi connectivity index (χ0) is 21.5. The molecule has 1 atom stereocenters. The smallest absolute Gasteiger partial charge is 0.104 e.